The Morgan fingerprint density at radius 1 is 0.670 bits per heavy atom. The van der Waals surface area contributed by atoms with Gasteiger partial charge >= 0.3 is 12.4 Å². The molecule has 26 nitrogen and oxygen atoms in total. The number of benzene rings is 2. The highest BCUT2D eigenvalue weighted by Gasteiger charge is 2.51. The molecule has 0 aromatic heterocycles. The average Bonchev–Trinajstić information content (AvgIpc) is 1.33. The van der Waals surface area contributed by atoms with Gasteiger partial charge in [0.15, 0.2) is 0 Å². The summed E-state index contributed by atoms with van der Waals surface area (Å²) in [6, 6.07) is -7.52. The van der Waals surface area contributed by atoms with Gasteiger partial charge in [-0.3, -0.25) is 57.5 Å². The molecule has 5 fully saturated rings. The fourth-order valence-corrected chi connectivity index (χ4v) is 15.6. The third kappa shape index (κ3) is 22.2. The summed E-state index contributed by atoms with van der Waals surface area (Å²) in [4.78, 5) is 192. The molecule has 5 aliphatic rings. The largest absolute Gasteiger partial charge is 0.422 e. The summed E-state index contributed by atoms with van der Waals surface area (Å²) in [5.74, 6) is -15.5. The molecule has 2 aromatic rings. The number of carbonyl (C=O) groups excluding carboxylic acids is 12. The summed E-state index contributed by atoms with van der Waals surface area (Å²) in [5, 5.41) is 8.17. The number of morpholine rings is 1. The highest BCUT2D eigenvalue weighted by molar-refractivity contribution is 6.01. The number of nitrogens with one attached hydrogen (secondary N) is 3. The van der Waals surface area contributed by atoms with Crippen LogP contribution >= 0.6 is 0 Å². The minimum Gasteiger partial charge on any atom is -0.378 e. The maximum absolute atomic E-state index is 15.8. The summed E-state index contributed by atoms with van der Waals surface area (Å²) in [6.07, 6.45) is -7.71. The normalized spacial score (nSPS) is 26.4. The number of amides is 12. The van der Waals surface area contributed by atoms with Crippen LogP contribution in [0.3, 0.4) is 0 Å². The molecule has 0 spiro atoms. The number of halogens is 8. The zero-order chi connectivity index (χ0) is 83.0. The molecule has 1 aliphatic carbocycles. The van der Waals surface area contributed by atoms with Gasteiger partial charge in [-0.2, -0.15) is 26.3 Å². The second-order valence-corrected chi connectivity index (χ2v) is 30.2. The van der Waals surface area contributed by atoms with E-state index in [1.807, 2.05) is 0 Å². The monoisotopic (exact) mass is 1590 g/mol. The van der Waals surface area contributed by atoms with E-state index in [4.69, 9.17) is 9.47 Å². The molecule has 0 radical (unpaired) electrons. The van der Waals surface area contributed by atoms with Gasteiger partial charge in [0.1, 0.15) is 71.1 Å². The number of allylic oxidation sites excluding steroid dienone is 1. The lowest BCUT2D eigenvalue weighted by Gasteiger charge is -2.42. The van der Waals surface area contributed by atoms with Gasteiger partial charge in [0, 0.05) is 87.9 Å². The number of hydrogen-bond donors (Lipinski definition) is 3. The van der Waals surface area contributed by atoms with Gasteiger partial charge in [0.2, 0.25) is 70.9 Å². The van der Waals surface area contributed by atoms with Crippen LogP contribution < -0.4 is 16.0 Å². The lowest BCUT2D eigenvalue weighted by Crippen LogP contribution is -2.65. The Balaban J connectivity index is 1.37. The second-order valence-electron chi connectivity index (χ2n) is 30.2. The predicted octanol–water partition coefficient (Wildman–Crippen LogP) is 6.07. The summed E-state index contributed by atoms with van der Waals surface area (Å²) >= 11 is 0. The first-order valence-corrected chi connectivity index (χ1v) is 38.2. The van der Waals surface area contributed by atoms with Crippen LogP contribution in [0.15, 0.2) is 61.7 Å². The minimum atomic E-state index is -5.47. The second kappa shape index (κ2) is 39.6. The first-order chi connectivity index (χ1) is 52.7. The van der Waals surface area contributed by atoms with Gasteiger partial charge < -0.3 is 69.5 Å². The highest BCUT2D eigenvalue weighted by atomic mass is 19.4. The van der Waals surface area contributed by atoms with E-state index in [0.717, 1.165) is 70.5 Å². The number of ether oxygens (including phenoxy) is 2. The molecular weight excluding hydrogens is 1480 g/mol. The van der Waals surface area contributed by atoms with Crippen molar-refractivity contribution in [3.05, 3.63) is 95.6 Å². The maximum atomic E-state index is 15.8. The van der Waals surface area contributed by atoms with Crippen molar-refractivity contribution in [2.45, 2.75) is 209 Å². The Morgan fingerprint density at radius 3 is 1.88 bits per heavy atom. The molecule has 4 saturated heterocycles. The van der Waals surface area contributed by atoms with Crippen LogP contribution in [0, 0.1) is 23.5 Å². The number of nitrogens with zero attached hydrogens (tertiary/aromatic N) is 9. The van der Waals surface area contributed by atoms with Gasteiger partial charge in [-0.05, 0) is 132 Å². The number of hydrogen-bond acceptors (Lipinski definition) is 14. The third-order valence-corrected chi connectivity index (χ3v) is 22.3. The fraction of sp³-hybridized carbons (Fsp3) is 0.641. The zero-order valence-corrected chi connectivity index (χ0v) is 65.5. The van der Waals surface area contributed by atoms with Crippen LogP contribution in [-0.2, 0) is 92.2 Å². The van der Waals surface area contributed by atoms with Gasteiger partial charge in [-0.15, -0.1) is 13.2 Å². The van der Waals surface area contributed by atoms with Crippen molar-refractivity contribution in [3.8, 4) is 0 Å². The quantitative estimate of drug-likeness (QED) is 0.0922. The topological polar surface area (TPSA) is 289 Å². The Labute approximate surface area is 648 Å². The van der Waals surface area contributed by atoms with Crippen LogP contribution in [0.25, 0.3) is 0 Å². The third-order valence-electron chi connectivity index (χ3n) is 22.3. The fourth-order valence-electron chi connectivity index (χ4n) is 15.6. The number of aryl methyl sites for hydroxylation is 1. The zero-order valence-electron chi connectivity index (χ0n) is 65.5. The Morgan fingerprint density at radius 2 is 1.29 bits per heavy atom. The molecule has 11 atom stereocenters. The van der Waals surface area contributed by atoms with Gasteiger partial charge in [-0.25, -0.2) is 8.78 Å². The van der Waals surface area contributed by atoms with Crippen molar-refractivity contribution < 1.29 is 102 Å². The molecule has 1 saturated carbocycles. The minimum absolute atomic E-state index is 0.00499. The van der Waals surface area contributed by atoms with E-state index in [2.05, 4.69) is 29.1 Å². The number of unbranched alkanes of at least 4 members (excludes halogenated alkanes) is 1. The number of alkyl halides is 6. The van der Waals surface area contributed by atoms with Crippen LogP contribution in [0.4, 0.5) is 35.1 Å². The number of likely N-dealkylation sites (N-methyl/N-ethyl adjacent to an activating group) is 6. The van der Waals surface area contributed by atoms with E-state index in [-0.39, 0.29) is 90.1 Å². The van der Waals surface area contributed by atoms with Gasteiger partial charge in [-0.1, -0.05) is 57.4 Å². The molecule has 7 rings (SSSR count). The van der Waals surface area contributed by atoms with Crippen molar-refractivity contribution in [1.82, 2.24) is 60.0 Å². The SMILES string of the molecule is C=CCCC[C@H]1C(=O)N[C@@H]([C@@H](C)CC)C(=O)N(C)CC(=O)N(C)[C@H]2CCCCN(C2=O)[C@@H](Cc2ccc(C(F)(F)F)cc2)C(=O)N(C)CC(=O)N[C@@H](CCc2cc(F)c(C(F)(F)F)c(F)c2)C(=O)N2C[C@H](OCC)C[C@H]2C(=O)N[C@](C)(CC=C)C(=O)N(C)[C@@H](C2CCCC2)C(=O)N(C)[C@H](C(=O)N2CCOCC2)CC(=O)N1C. The van der Waals surface area contributed by atoms with E-state index >= 15 is 51.9 Å². The first-order valence-electron chi connectivity index (χ1n) is 38.2. The Kier molecular flexibility index (Phi) is 31.9. The van der Waals surface area contributed by atoms with E-state index in [1.54, 1.807) is 26.8 Å². The van der Waals surface area contributed by atoms with Crippen molar-refractivity contribution in [2.24, 2.45) is 11.8 Å². The molecule has 4 aliphatic heterocycles. The predicted molar refractivity (Wildman–Crippen MR) is 394 cm³/mol. The van der Waals surface area contributed by atoms with E-state index in [0.29, 0.717) is 57.1 Å². The average molecular weight is 1590 g/mol. The summed E-state index contributed by atoms with van der Waals surface area (Å²) in [7, 11) is 7.78. The molecule has 2 aromatic carbocycles. The molecule has 112 heavy (non-hydrogen) atoms. The van der Waals surface area contributed by atoms with Crippen LogP contribution in [-0.4, -0.2) is 276 Å². The molecule has 12 amide bonds. The molecule has 3 N–H and O–H groups in total. The van der Waals surface area contributed by atoms with Crippen LogP contribution in [0.5, 0.6) is 0 Å². The Hall–Kier alpha value is -9.08. The lowest BCUT2D eigenvalue weighted by molar-refractivity contribution is -0.157. The molecule has 2 bridgehead atoms. The lowest BCUT2D eigenvalue weighted by atomic mass is 9.90. The smallest absolute Gasteiger partial charge is 0.378 e. The molecule has 0 unspecified atom stereocenters. The molecular formula is C78H108F8N12O14. The van der Waals surface area contributed by atoms with Crippen LogP contribution in [0.1, 0.15) is 146 Å². The van der Waals surface area contributed by atoms with E-state index in [1.165, 1.54) is 53.1 Å². The molecule has 620 valence electrons. The summed E-state index contributed by atoms with van der Waals surface area (Å²) in [5.41, 5.74) is -5.57. The van der Waals surface area contributed by atoms with E-state index < -0.39 is 222 Å². The van der Waals surface area contributed by atoms with Crippen LogP contribution in [0.2, 0.25) is 0 Å². The number of rotatable bonds is 17. The maximum Gasteiger partial charge on any atom is 0.422 e. The van der Waals surface area contributed by atoms with E-state index in [9.17, 15) is 40.7 Å². The standard InChI is InChI=1S/C78H108F8N12O14/c1-13-17-18-25-56-67(102)88-65(47(5)15-3)73(108)91(8)46-63(101)93(10)57-26-21-22-34-97(72(57)107)60(41-48-27-30-51(31-28-48)77(81,82)83)70(105)90(7)45-61(99)87-55(32-29-49-39-53(79)64(54(80)40-49)78(84,85)86)69(104)98-44-52(112-16-4)42-58(98)68(103)89-76(6,33-14-2)75(110)95(12)66(50-23-19-20-24-50)74(109)94(11)59(43-62(100)92(56)9)71(106)96-35-37-111-38-36-96/h13-14,27-28,30-31,39-40,47,50,52,55-60,65-66H,1-2,15-26,29,32-38,41-46H2,3-12H3,(H,87,99)(H,88,102)(H,89,103)/t47-,52+,55-,56-,57-,58-,59-,60-,65-,66-,76+/m0/s1. The van der Waals surface area contributed by atoms with Crippen molar-refractivity contribution in [3.63, 3.8) is 0 Å². The molecule has 34 heteroatoms. The summed E-state index contributed by atoms with van der Waals surface area (Å²) < 4.78 is 126. The Bertz CT molecular complexity index is 3720. The highest BCUT2D eigenvalue weighted by Crippen LogP contribution is 2.37. The van der Waals surface area contributed by atoms with Gasteiger partial charge in [0.05, 0.1) is 44.4 Å². The number of fused-ring (bicyclic) bond motifs is 3. The molecule has 4 heterocycles. The van der Waals surface area contributed by atoms with Crippen molar-refractivity contribution >= 4 is 70.9 Å². The van der Waals surface area contributed by atoms with Crippen molar-refractivity contribution in [2.75, 3.05) is 101 Å². The van der Waals surface area contributed by atoms with Crippen molar-refractivity contribution in [1.29, 1.82) is 0 Å². The van der Waals surface area contributed by atoms with Gasteiger partial charge in [0.25, 0.3) is 0 Å². The number of carbonyl (C=O) groups is 12. The summed E-state index contributed by atoms with van der Waals surface area (Å²) in [6.45, 7) is 12.3. The first kappa shape index (κ1) is 90.1.